The second-order valence-corrected chi connectivity index (χ2v) is 9.52. The zero-order valence-electron chi connectivity index (χ0n) is 18.3. The molecule has 3 aromatic rings. The molecule has 4 heterocycles. The van der Waals surface area contributed by atoms with Crippen LogP contribution in [0.3, 0.4) is 0 Å². The molecular weight excluding hydrogens is 430 g/mol. The van der Waals surface area contributed by atoms with Gasteiger partial charge in [0.2, 0.25) is 5.91 Å². The highest BCUT2D eigenvalue weighted by Crippen LogP contribution is 2.33. The van der Waals surface area contributed by atoms with Gasteiger partial charge in [0, 0.05) is 28.5 Å². The van der Waals surface area contributed by atoms with E-state index in [2.05, 4.69) is 25.2 Å². The molecule has 5 rings (SSSR count). The standard InChI is InChI=1S/C23H26ClN5O3/c1-13-10-31-20(26-13)9-29-12-23(2,3)32-11-19(29)22(30)28-17-7-14(24)6-16-15-4-5-25-8-18(15)27-21(16)17/h4-8,13,19,27H,9-12H2,1-3H3,(H,28,30)/t13?,19-/m0/s1. The Bertz CT molecular complexity index is 1220. The smallest absolute Gasteiger partial charge is 0.244 e. The maximum atomic E-state index is 13.4. The number of halogens is 1. The van der Waals surface area contributed by atoms with Gasteiger partial charge in [0.05, 0.1) is 47.7 Å². The van der Waals surface area contributed by atoms with Crippen LogP contribution in [0.15, 0.2) is 35.6 Å². The Morgan fingerprint density at radius 3 is 2.97 bits per heavy atom. The molecule has 0 saturated carbocycles. The van der Waals surface area contributed by atoms with Crippen LogP contribution in [0.2, 0.25) is 5.02 Å². The summed E-state index contributed by atoms with van der Waals surface area (Å²) in [6.45, 7) is 7.97. The minimum absolute atomic E-state index is 0.141. The SMILES string of the molecule is CC1COC(CN2CC(C)(C)OC[C@H]2C(=O)Nc2cc(Cl)cc3c2[nH]c2cnccc23)=N1. The Balaban J connectivity index is 1.44. The molecule has 2 aliphatic rings. The number of H-pyrrole nitrogens is 1. The van der Waals surface area contributed by atoms with Crippen molar-refractivity contribution in [3.8, 4) is 0 Å². The van der Waals surface area contributed by atoms with Gasteiger partial charge in [-0.1, -0.05) is 11.6 Å². The normalized spacial score (nSPS) is 23.3. The molecule has 1 aromatic carbocycles. The lowest BCUT2D eigenvalue weighted by Gasteiger charge is -2.42. The van der Waals surface area contributed by atoms with E-state index in [1.165, 1.54) is 0 Å². The number of rotatable bonds is 4. The van der Waals surface area contributed by atoms with Crippen molar-refractivity contribution in [3.63, 3.8) is 0 Å². The highest BCUT2D eigenvalue weighted by Gasteiger charge is 2.39. The lowest BCUT2D eigenvalue weighted by atomic mass is 10.0. The average molecular weight is 456 g/mol. The lowest BCUT2D eigenvalue weighted by Crippen LogP contribution is -2.59. The van der Waals surface area contributed by atoms with Crippen molar-refractivity contribution in [1.82, 2.24) is 14.9 Å². The number of aliphatic imine (C=N–C) groups is 1. The monoisotopic (exact) mass is 455 g/mol. The fourth-order valence-corrected chi connectivity index (χ4v) is 4.61. The predicted octanol–water partition coefficient (Wildman–Crippen LogP) is 3.60. The quantitative estimate of drug-likeness (QED) is 0.627. The molecule has 0 aliphatic carbocycles. The first-order valence-corrected chi connectivity index (χ1v) is 11.1. The highest BCUT2D eigenvalue weighted by atomic mass is 35.5. The van der Waals surface area contributed by atoms with Gasteiger partial charge in [-0.15, -0.1) is 0 Å². The molecule has 168 valence electrons. The van der Waals surface area contributed by atoms with E-state index < -0.39 is 6.04 Å². The van der Waals surface area contributed by atoms with Crippen molar-refractivity contribution in [2.75, 3.05) is 31.6 Å². The van der Waals surface area contributed by atoms with E-state index in [1.54, 1.807) is 18.5 Å². The van der Waals surface area contributed by atoms with Crippen LogP contribution in [0, 0.1) is 0 Å². The number of nitrogens with one attached hydrogen (secondary N) is 2. The second kappa shape index (κ2) is 8.03. The van der Waals surface area contributed by atoms with Crippen molar-refractivity contribution < 1.29 is 14.3 Å². The zero-order chi connectivity index (χ0) is 22.5. The summed E-state index contributed by atoms with van der Waals surface area (Å²) < 4.78 is 11.7. The highest BCUT2D eigenvalue weighted by molar-refractivity contribution is 6.33. The molecule has 9 heteroatoms. The number of ether oxygens (including phenoxy) is 2. The molecule has 0 bridgehead atoms. The molecular formula is C23H26ClN5O3. The van der Waals surface area contributed by atoms with Gasteiger partial charge in [0.1, 0.15) is 12.6 Å². The summed E-state index contributed by atoms with van der Waals surface area (Å²) in [6.07, 6.45) is 3.50. The number of benzene rings is 1. The Morgan fingerprint density at radius 1 is 1.34 bits per heavy atom. The first kappa shape index (κ1) is 21.2. The molecule has 2 atom stereocenters. The first-order valence-electron chi connectivity index (χ1n) is 10.7. The third-order valence-corrected chi connectivity index (χ3v) is 6.10. The fourth-order valence-electron chi connectivity index (χ4n) is 4.39. The van der Waals surface area contributed by atoms with Gasteiger partial charge in [-0.2, -0.15) is 0 Å². The van der Waals surface area contributed by atoms with E-state index in [4.69, 9.17) is 21.1 Å². The number of carbonyl (C=O) groups is 1. The molecule has 2 aliphatic heterocycles. The third-order valence-electron chi connectivity index (χ3n) is 5.89. The fraction of sp³-hybridized carbons (Fsp3) is 0.435. The van der Waals surface area contributed by atoms with Crippen LogP contribution in [0.25, 0.3) is 21.8 Å². The first-order chi connectivity index (χ1) is 15.3. The molecule has 1 unspecified atom stereocenters. The molecule has 1 saturated heterocycles. The topological polar surface area (TPSA) is 91.8 Å². The number of amides is 1. The number of nitrogens with zero attached hydrogens (tertiary/aromatic N) is 3. The number of pyridine rings is 1. The average Bonchev–Trinajstić information content (AvgIpc) is 3.30. The summed E-state index contributed by atoms with van der Waals surface area (Å²) in [4.78, 5) is 27.6. The molecule has 8 nitrogen and oxygen atoms in total. The van der Waals surface area contributed by atoms with Gasteiger partial charge in [-0.25, -0.2) is 4.99 Å². The maximum Gasteiger partial charge on any atom is 0.244 e. The summed E-state index contributed by atoms with van der Waals surface area (Å²) in [5.74, 6) is 0.508. The molecule has 2 aromatic heterocycles. The van der Waals surface area contributed by atoms with Gasteiger partial charge in [0.15, 0.2) is 5.90 Å². The van der Waals surface area contributed by atoms with Gasteiger partial charge in [0.25, 0.3) is 0 Å². The largest absolute Gasteiger partial charge is 0.478 e. The van der Waals surface area contributed by atoms with Crippen molar-refractivity contribution in [2.45, 2.75) is 38.5 Å². The number of aromatic nitrogens is 2. The van der Waals surface area contributed by atoms with Gasteiger partial charge in [-0.3, -0.25) is 14.7 Å². The number of anilines is 1. The van der Waals surface area contributed by atoms with Crippen molar-refractivity contribution >= 4 is 50.9 Å². The minimum atomic E-state index is -0.481. The summed E-state index contributed by atoms with van der Waals surface area (Å²) >= 11 is 6.40. The summed E-state index contributed by atoms with van der Waals surface area (Å²) in [5.41, 5.74) is 1.96. The summed E-state index contributed by atoms with van der Waals surface area (Å²) in [5, 5.41) is 5.56. The van der Waals surface area contributed by atoms with E-state index >= 15 is 0 Å². The number of aromatic amines is 1. The second-order valence-electron chi connectivity index (χ2n) is 9.09. The Labute approximate surface area is 190 Å². The van der Waals surface area contributed by atoms with Crippen LogP contribution in [0.4, 0.5) is 5.69 Å². The maximum absolute atomic E-state index is 13.4. The Hall–Kier alpha value is -2.68. The van der Waals surface area contributed by atoms with Crippen LogP contribution in [0.5, 0.6) is 0 Å². The predicted molar refractivity (Wildman–Crippen MR) is 125 cm³/mol. The van der Waals surface area contributed by atoms with E-state index in [-0.39, 0.29) is 24.2 Å². The van der Waals surface area contributed by atoms with Crippen LogP contribution in [-0.4, -0.2) is 70.7 Å². The van der Waals surface area contributed by atoms with Gasteiger partial charge < -0.3 is 19.8 Å². The molecule has 0 radical (unpaired) electrons. The number of fused-ring (bicyclic) bond motifs is 3. The zero-order valence-corrected chi connectivity index (χ0v) is 19.1. The number of hydrogen-bond donors (Lipinski definition) is 2. The number of morpholine rings is 1. The van der Waals surface area contributed by atoms with Crippen molar-refractivity contribution in [1.29, 1.82) is 0 Å². The van der Waals surface area contributed by atoms with Crippen LogP contribution < -0.4 is 5.32 Å². The lowest BCUT2D eigenvalue weighted by molar-refractivity contribution is -0.141. The van der Waals surface area contributed by atoms with E-state index in [1.807, 2.05) is 32.9 Å². The van der Waals surface area contributed by atoms with Crippen LogP contribution in [0.1, 0.15) is 20.8 Å². The molecule has 32 heavy (non-hydrogen) atoms. The molecule has 0 spiro atoms. The van der Waals surface area contributed by atoms with E-state index in [0.29, 0.717) is 36.3 Å². The summed E-state index contributed by atoms with van der Waals surface area (Å²) in [6, 6.07) is 5.24. The Kier molecular flexibility index (Phi) is 5.31. The minimum Gasteiger partial charge on any atom is -0.478 e. The third kappa shape index (κ3) is 4.05. The van der Waals surface area contributed by atoms with Crippen LogP contribution in [-0.2, 0) is 14.3 Å². The number of carbonyl (C=O) groups excluding carboxylic acids is 1. The summed E-state index contributed by atoms with van der Waals surface area (Å²) in [7, 11) is 0. The molecule has 1 amide bonds. The van der Waals surface area contributed by atoms with Crippen LogP contribution >= 0.6 is 11.6 Å². The van der Waals surface area contributed by atoms with Gasteiger partial charge in [-0.05, 0) is 39.0 Å². The van der Waals surface area contributed by atoms with E-state index in [0.717, 1.165) is 21.8 Å². The van der Waals surface area contributed by atoms with Gasteiger partial charge >= 0.3 is 0 Å². The molecule has 2 N–H and O–H groups in total. The van der Waals surface area contributed by atoms with E-state index in [9.17, 15) is 4.79 Å². The Morgan fingerprint density at radius 2 is 2.19 bits per heavy atom. The molecule has 1 fully saturated rings. The van der Waals surface area contributed by atoms with Crippen molar-refractivity contribution in [2.24, 2.45) is 4.99 Å². The van der Waals surface area contributed by atoms with Crippen molar-refractivity contribution in [3.05, 3.63) is 35.6 Å². The number of hydrogen-bond acceptors (Lipinski definition) is 6.